The normalized spacial score (nSPS) is 16.6. The Balaban J connectivity index is 1.57. The van der Waals surface area contributed by atoms with E-state index in [4.69, 9.17) is 20.1 Å². The molecule has 3 N–H and O–H groups in total. The van der Waals surface area contributed by atoms with Gasteiger partial charge in [-0.3, -0.25) is 13.9 Å². The van der Waals surface area contributed by atoms with Crippen LogP contribution in [0.2, 0.25) is 0 Å². The van der Waals surface area contributed by atoms with Crippen LogP contribution in [0.25, 0.3) is 11.2 Å². The zero-order valence-electron chi connectivity index (χ0n) is 18.1. The Morgan fingerprint density at radius 3 is 2.78 bits per heavy atom. The molecule has 0 radical (unpaired) electrons. The van der Waals surface area contributed by atoms with Crippen molar-refractivity contribution in [2.75, 3.05) is 23.3 Å². The lowest BCUT2D eigenvalue weighted by Gasteiger charge is -2.31. The van der Waals surface area contributed by atoms with Gasteiger partial charge >= 0.3 is 0 Å². The van der Waals surface area contributed by atoms with Crippen LogP contribution in [0.15, 0.2) is 57.9 Å². The SMILES string of the molecule is Cn1c(NCc2ccccc2)nc2nc(N3CCCC(N)C3)n(Cc3ccco3)c2c1=O. The Hall–Kier alpha value is -3.59. The van der Waals surface area contributed by atoms with Crippen LogP contribution in [0, 0.1) is 0 Å². The van der Waals surface area contributed by atoms with Gasteiger partial charge in [-0.1, -0.05) is 30.3 Å². The number of hydrogen-bond acceptors (Lipinski definition) is 7. The van der Waals surface area contributed by atoms with Crippen molar-refractivity contribution in [1.29, 1.82) is 0 Å². The zero-order valence-corrected chi connectivity index (χ0v) is 18.1. The lowest BCUT2D eigenvalue weighted by Crippen LogP contribution is -2.44. The fourth-order valence-electron chi connectivity index (χ4n) is 4.22. The van der Waals surface area contributed by atoms with Gasteiger partial charge in [-0.2, -0.15) is 9.97 Å². The summed E-state index contributed by atoms with van der Waals surface area (Å²) in [5.74, 6) is 1.94. The summed E-state index contributed by atoms with van der Waals surface area (Å²) in [6.07, 6.45) is 3.61. The van der Waals surface area contributed by atoms with Crippen LogP contribution < -0.4 is 21.5 Å². The number of imidazole rings is 1. The van der Waals surface area contributed by atoms with E-state index in [1.54, 1.807) is 13.3 Å². The van der Waals surface area contributed by atoms with Crippen LogP contribution in [-0.2, 0) is 20.1 Å². The van der Waals surface area contributed by atoms with E-state index in [-0.39, 0.29) is 11.6 Å². The highest BCUT2D eigenvalue weighted by Gasteiger charge is 2.26. The molecular weight excluding hydrogens is 406 g/mol. The van der Waals surface area contributed by atoms with Gasteiger partial charge in [0.1, 0.15) is 5.76 Å². The van der Waals surface area contributed by atoms with Gasteiger partial charge in [0.15, 0.2) is 11.2 Å². The quantitative estimate of drug-likeness (QED) is 0.480. The predicted octanol–water partition coefficient (Wildman–Crippen LogP) is 2.31. The number of fused-ring (bicyclic) bond motifs is 1. The van der Waals surface area contributed by atoms with E-state index in [0.29, 0.717) is 42.7 Å². The van der Waals surface area contributed by atoms with Gasteiger partial charge in [0.2, 0.25) is 11.9 Å². The van der Waals surface area contributed by atoms with Gasteiger partial charge < -0.3 is 20.4 Å². The van der Waals surface area contributed by atoms with Gasteiger partial charge in [-0.25, -0.2) is 0 Å². The zero-order chi connectivity index (χ0) is 22.1. The molecule has 0 spiro atoms. The Bertz CT molecular complexity index is 1260. The van der Waals surface area contributed by atoms with Crippen molar-refractivity contribution < 1.29 is 4.42 Å². The van der Waals surface area contributed by atoms with Crippen molar-refractivity contribution in [3.63, 3.8) is 0 Å². The fourth-order valence-corrected chi connectivity index (χ4v) is 4.22. The minimum absolute atomic E-state index is 0.0829. The van der Waals surface area contributed by atoms with Crippen molar-refractivity contribution in [3.05, 3.63) is 70.4 Å². The number of piperidine rings is 1. The summed E-state index contributed by atoms with van der Waals surface area (Å²) in [6, 6.07) is 13.8. The molecule has 166 valence electrons. The molecule has 0 bridgehead atoms. The van der Waals surface area contributed by atoms with Gasteiger partial charge in [0.05, 0.1) is 12.8 Å². The maximum atomic E-state index is 13.4. The van der Waals surface area contributed by atoms with Crippen molar-refractivity contribution >= 4 is 23.1 Å². The third-order valence-electron chi connectivity index (χ3n) is 5.89. The highest BCUT2D eigenvalue weighted by Crippen LogP contribution is 2.25. The van der Waals surface area contributed by atoms with E-state index in [1.807, 2.05) is 47.0 Å². The number of nitrogens with one attached hydrogen (secondary N) is 1. The first-order valence-electron chi connectivity index (χ1n) is 10.9. The third-order valence-corrected chi connectivity index (χ3v) is 5.89. The molecule has 1 aromatic carbocycles. The molecule has 1 fully saturated rings. The van der Waals surface area contributed by atoms with E-state index in [9.17, 15) is 4.79 Å². The number of nitrogens with zero attached hydrogens (tertiary/aromatic N) is 5. The van der Waals surface area contributed by atoms with Gasteiger partial charge in [0, 0.05) is 32.7 Å². The third kappa shape index (κ3) is 3.87. The van der Waals surface area contributed by atoms with Crippen LogP contribution in [0.3, 0.4) is 0 Å². The predicted molar refractivity (Wildman–Crippen MR) is 124 cm³/mol. The molecule has 1 saturated heterocycles. The molecule has 5 rings (SSSR count). The first kappa shape index (κ1) is 20.3. The molecule has 1 aliphatic heterocycles. The van der Waals surface area contributed by atoms with Crippen molar-refractivity contribution in [3.8, 4) is 0 Å². The lowest BCUT2D eigenvalue weighted by atomic mass is 10.1. The van der Waals surface area contributed by atoms with Crippen LogP contribution in [0.4, 0.5) is 11.9 Å². The number of rotatable bonds is 6. The largest absolute Gasteiger partial charge is 0.467 e. The van der Waals surface area contributed by atoms with E-state index >= 15 is 0 Å². The van der Waals surface area contributed by atoms with Gasteiger partial charge in [0.25, 0.3) is 5.56 Å². The maximum absolute atomic E-state index is 13.4. The van der Waals surface area contributed by atoms with E-state index in [1.165, 1.54) is 4.57 Å². The summed E-state index contributed by atoms with van der Waals surface area (Å²) in [5, 5.41) is 3.27. The molecule has 9 nitrogen and oxygen atoms in total. The fraction of sp³-hybridized carbons (Fsp3) is 0.348. The summed E-state index contributed by atoms with van der Waals surface area (Å²) in [5.41, 5.74) is 8.06. The highest BCUT2D eigenvalue weighted by atomic mass is 16.3. The molecule has 4 aromatic rings. The molecule has 0 saturated carbocycles. The Kier molecular flexibility index (Phi) is 5.40. The highest BCUT2D eigenvalue weighted by molar-refractivity contribution is 5.75. The van der Waals surface area contributed by atoms with Crippen LogP contribution >= 0.6 is 0 Å². The van der Waals surface area contributed by atoms with Gasteiger partial charge in [-0.05, 0) is 30.5 Å². The minimum Gasteiger partial charge on any atom is -0.467 e. The molecule has 0 amide bonds. The molecule has 1 aliphatic rings. The summed E-state index contributed by atoms with van der Waals surface area (Å²) in [4.78, 5) is 25.1. The summed E-state index contributed by atoms with van der Waals surface area (Å²) in [7, 11) is 1.73. The van der Waals surface area contributed by atoms with Crippen molar-refractivity contribution in [2.45, 2.75) is 32.0 Å². The number of nitrogens with two attached hydrogens (primary N) is 1. The molecular formula is C23H27N7O2. The molecule has 4 heterocycles. The molecule has 1 unspecified atom stereocenters. The second-order valence-corrected chi connectivity index (χ2v) is 8.24. The Morgan fingerprint density at radius 1 is 1.19 bits per heavy atom. The number of furan rings is 1. The summed E-state index contributed by atoms with van der Waals surface area (Å²) < 4.78 is 9.01. The molecule has 0 aliphatic carbocycles. The van der Waals surface area contributed by atoms with Crippen LogP contribution in [0.5, 0.6) is 0 Å². The first-order chi connectivity index (χ1) is 15.6. The Morgan fingerprint density at radius 2 is 2.03 bits per heavy atom. The molecule has 1 atom stereocenters. The number of aromatic nitrogens is 4. The lowest BCUT2D eigenvalue weighted by molar-refractivity contribution is 0.478. The molecule has 3 aromatic heterocycles. The Labute approximate surface area is 185 Å². The second kappa shape index (κ2) is 8.51. The monoisotopic (exact) mass is 433 g/mol. The van der Waals surface area contributed by atoms with Gasteiger partial charge in [-0.15, -0.1) is 0 Å². The number of benzene rings is 1. The molecule has 32 heavy (non-hydrogen) atoms. The van der Waals surface area contributed by atoms with Crippen LogP contribution in [0.1, 0.15) is 24.2 Å². The maximum Gasteiger partial charge on any atom is 0.281 e. The second-order valence-electron chi connectivity index (χ2n) is 8.24. The number of anilines is 2. The number of hydrogen-bond donors (Lipinski definition) is 2. The van der Waals surface area contributed by atoms with E-state index < -0.39 is 0 Å². The van der Waals surface area contributed by atoms with Crippen molar-refractivity contribution in [1.82, 2.24) is 19.1 Å². The molecule has 9 heteroatoms. The van der Waals surface area contributed by atoms with E-state index in [2.05, 4.69) is 10.2 Å². The standard InChI is InChI=1S/C23H27N7O2/c1-28-21(31)19-20(26-22(28)25-13-16-7-3-2-4-8-16)27-23(29-11-5-9-17(24)14-29)30(19)15-18-10-6-12-32-18/h2-4,6-8,10,12,17H,5,9,11,13-15,24H2,1H3,(H,25,26). The van der Waals surface area contributed by atoms with E-state index in [0.717, 1.165) is 30.7 Å². The van der Waals surface area contributed by atoms with Crippen molar-refractivity contribution in [2.24, 2.45) is 12.8 Å². The smallest absolute Gasteiger partial charge is 0.281 e. The first-order valence-corrected chi connectivity index (χ1v) is 10.9. The summed E-state index contributed by atoms with van der Waals surface area (Å²) in [6.45, 7) is 2.50. The average molecular weight is 434 g/mol. The summed E-state index contributed by atoms with van der Waals surface area (Å²) >= 11 is 0. The van der Waals surface area contributed by atoms with Crippen LogP contribution in [-0.4, -0.2) is 38.2 Å². The topological polar surface area (TPSA) is 107 Å². The average Bonchev–Trinajstić information content (AvgIpc) is 3.44. The minimum atomic E-state index is -0.155.